The van der Waals surface area contributed by atoms with Gasteiger partial charge in [0, 0.05) is 22.0 Å². The minimum Gasteiger partial charge on any atom is -0.399 e. The quantitative estimate of drug-likeness (QED) is 0.667. The molecule has 2 N–H and O–H groups in total. The summed E-state index contributed by atoms with van der Waals surface area (Å²) in [6, 6.07) is 14.8. The highest BCUT2D eigenvalue weighted by atomic mass is 127. The Balaban J connectivity index is 2.32. The highest BCUT2D eigenvalue weighted by molar-refractivity contribution is 14.1. The molecule has 2 aromatic carbocycles. The second kappa shape index (κ2) is 5.39. The molecule has 2 rings (SSSR count). The zero-order valence-electron chi connectivity index (χ0n) is 9.93. The number of halogens is 1. The standard InChI is InChI=1S/C14H13IN2O/c1-17(11-6-4-5-10(16)9-11)14(18)12-7-2-3-8-13(12)15/h2-9H,16H2,1H3. The molecule has 4 heteroatoms. The number of anilines is 2. The molecule has 18 heavy (non-hydrogen) atoms. The van der Waals surface area contributed by atoms with Crippen LogP contribution in [0.4, 0.5) is 11.4 Å². The van der Waals surface area contributed by atoms with Crippen LogP contribution in [0.15, 0.2) is 48.5 Å². The van der Waals surface area contributed by atoms with Gasteiger partial charge < -0.3 is 10.6 Å². The summed E-state index contributed by atoms with van der Waals surface area (Å²) in [5, 5.41) is 0. The molecule has 0 bridgehead atoms. The van der Waals surface area contributed by atoms with Crippen LogP contribution in [0.5, 0.6) is 0 Å². The van der Waals surface area contributed by atoms with Crippen molar-refractivity contribution < 1.29 is 4.79 Å². The van der Waals surface area contributed by atoms with Gasteiger partial charge in [0.2, 0.25) is 0 Å². The van der Waals surface area contributed by atoms with Crippen LogP contribution >= 0.6 is 22.6 Å². The molecular formula is C14H13IN2O. The van der Waals surface area contributed by atoms with E-state index in [-0.39, 0.29) is 5.91 Å². The lowest BCUT2D eigenvalue weighted by Gasteiger charge is -2.18. The Morgan fingerprint density at radius 1 is 1.17 bits per heavy atom. The molecule has 0 fully saturated rings. The van der Waals surface area contributed by atoms with E-state index in [0.717, 1.165) is 9.26 Å². The Hall–Kier alpha value is -1.56. The molecule has 0 aliphatic rings. The maximum Gasteiger partial charge on any atom is 0.259 e. The predicted octanol–water partition coefficient (Wildman–Crippen LogP) is 3.15. The SMILES string of the molecule is CN(C(=O)c1ccccc1I)c1cccc(N)c1. The Bertz CT molecular complexity index is 584. The first-order valence-electron chi connectivity index (χ1n) is 5.47. The lowest BCUT2D eigenvalue weighted by Crippen LogP contribution is -2.26. The molecule has 0 unspecified atom stereocenters. The average Bonchev–Trinajstić information content (AvgIpc) is 2.37. The van der Waals surface area contributed by atoms with Crippen LogP contribution in [0.25, 0.3) is 0 Å². The number of nitrogens with zero attached hydrogens (tertiary/aromatic N) is 1. The van der Waals surface area contributed by atoms with Crippen LogP contribution in [-0.2, 0) is 0 Å². The first kappa shape index (κ1) is 12.9. The van der Waals surface area contributed by atoms with E-state index in [2.05, 4.69) is 22.6 Å². The summed E-state index contributed by atoms with van der Waals surface area (Å²) in [7, 11) is 1.75. The Labute approximate surface area is 120 Å². The number of carbonyl (C=O) groups is 1. The van der Waals surface area contributed by atoms with Gasteiger partial charge in [0.05, 0.1) is 5.56 Å². The van der Waals surface area contributed by atoms with Crippen molar-refractivity contribution in [3.05, 3.63) is 57.7 Å². The number of nitrogens with two attached hydrogens (primary N) is 1. The predicted molar refractivity (Wildman–Crippen MR) is 82.7 cm³/mol. The summed E-state index contributed by atoms with van der Waals surface area (Å²) < 4.78 is 0.941. The highest BCUT2D eigenvalue weighted by Gasteiger charge is 2.15. The smallest absolute Gasteiger partial charge is 0.259 e. The number of carbonyl (C=O) groups excluding carboxylic acids is 1. The first-order chi connectivity index (χ1) is 8.59. The molecule has 0 saturated carbocycles. The molecule has 0 radical (unpaired) electrons. The topological polar surface area (TPSA) is 46.3 Å². The molecule has 0 spiro atoms. The second-order valence-electron chi connectivity index (χ2n) is 3.94. The number of hydrogen-bond acceptors (Lipinski definition) is 2. The summed E-state index contributed by atoms with van der Waals surface area (Å²) in [5.74, 6) is -0.0365. The number of benzene rings is 2. The van der Waals surface area contributed by atoms with Gasteiger partial charge in [0.1, 0.15) is 0 Å². The Morgan fingerprint density at radius 2 is 1.89 bits per heavy atom. The van der Waals surface area contributed by atoms with Crippen LogP contribution in [0.3, 0.4) is 0 Å². The maximum absolute atomic E-state index is 12.4. The van der Waals surface area contributed by atoms with Crippen LogP contribution in [0.2, 0.25) is 0 Å². The minimum atomic E-state index is -0.0365. The molecule has 1 amide bonds. The van der Waals surface area contributed by atoms with E-state index in [9.17, 15) is 4.79 Å². The number of rotatable bonds is 2. The van der Waals surface area contributed by atoms with Crippen LogP contribution in [-0.4, -0.2) is 13.0 Å². The van der Waals surface area contributed by atoms with Gasteiger partial charge in [-0.1, -0.05) is 18.2 Å². The van der Waals surface area contributed by atoms with E-state index in [1.165, 1.54) is 0 Å². The molecule has 92 valence electrons. The van der Waals surface area contributed by atoms with Gasteiger partial charge in [-0.05, 0) is 52.9 Å². The zero-order chi connectivity index (χ0) is 13.1. The summed E-state index contributed by atoms with van der Waals surface area (Å²) in [5.41, 5.74) is 7.86. The molecule has 0 aliphatic heterocycles. The number of nitrogen functional groups attached to an aromatic ring is 1. The normalized spacial score (nSPS) is 10.1. The van der Waals surface area contributed by atoms with Crippen molar-refractivity contribution in [1.82, 2.24) is 0 Å². The third kappa shape index (κ3) is 2.64. The molecule has 0 aromatic heterocycles. The molecular weight excluding hydrogens is 339 g/mol. The van der Waals surface area contributed by atoms with Gasteiger partial charge in [-0.3, -0.25) is 4.79 Å². The van der Waals surface area contributed by atoms with E-state index < -0.39 is 0 Å². The van der Waals surface area contributed by atoms with Crippen molar-refractivity contribution in [2.75, 3.05) is 17.7 Å². The van der Waals surface area contributed by atoms with Crippen LogP contribution in [0.1, 0.15) is 10.4 Å². The van der Waals surface area contributed by atoms with Crippen molar-refractivity contribution in [3.8, 4) is 0 Å². The summed E-state index contributed by atoms with van der Waals surface area (Å²) in [6.07, 6.45) is 0. The molecule has 0 aliphatic carbocycles. The van der Waals surface area contributed by atoms with Crippen molar-refractivity contribution in [3.63, 3.8) is 0 Å². The largest absolute Gasteiger partial charge is 0.399 e. The second-order valence-corrected chi connectivity index (χ2v) is 5.10. The molecule has 2 aromatic rings. The lowest BCUT2D eigenvalue weighted by atomic mass is 10.2. The zero-order valence-corrected chi connectivity index (χ0v) is 12.1. The van der Waals surface area contributed by atoms with Gasteiger partial charge in [0.15, 0.2) is 0 Å². The van der Waals surface area contributed by atoms with E-state index >= 15 is 0 Å². The fraction of sp³-hybridized carbons (Fsp3) is 0.0714. The number of amides is 1. The van der Waals surface area contributed by atoms with Gasteiger partial charge in [-0.25, -0.2) is 0 Å². The summed E-state index contributed by atoms with van der Waals surface area (Å²) in [6.45, 7) is 0. The fourth-order valence-corrected chi connectivity index (χ4v) is 2.28. The Morgan fingerprint density at radius 3 is 2.56 bits per heavy atom. The van der Waals surface area contributed by atoms with E-state index in [4.69, 9.17) is 5.73 Å². The van der Waals surface area contributed by atoms with E-state index in [0.29, 0.717) is 11.3 Å². The molecule has 0 atom stereocenters. The minimum absolute atomic E-state index is 0.0365. The maximum atomic E-state index is 12.4. The van der Waals surface area contributed by atoms with Crippen LogP contribution < -0.4 is 10.6 Å². The van der Waals surface area contributed by atoms with Crippen molar-refractivity contribution >= 4 is 39.9 Å². The van der Waals surface area contributed by atoms with E-state index in [1.54, 1.807) is 24.1 Å². The van der Waals surface area contributed by atoms with Crippen molar-refractivity contribution in [2.24, 2.45) is 0 Å². The van der Waals surface area contributed by atoms with Crippen molar-refractivity contribution in [2.45, 2.75) is 0 Å². The first-order valence-corrected chi connectivity index (χ1v) is 6.55. The average molecular weight is 352 g/mol. The van der Waals surface area contributed by atoms with Crippen LogP contribution in [0, 0.1) is 3.57 Å². The molecule has 3 nitrogen and oxygen atoms in total. The van der Waals surface area contributed by atoms with Gasteiger partial charge in [-0.15, -0.1) is 0 Å². The fourth-order valence-electron chi connectivity index (χ4n) is 1.67. The molecule has 0 heterocycles. The van der Waals surface area contributed by atoms with Gasteiger partial charge in [0.25, 0.3) is 5.91 Å². The number of hydrogen-bond donors (Lipinski definition) is 1. The summed E-state index contributed by atoms with van der Waals surface area (Å²) in [4.78, 5) is 14.0. The Kier molecular flexibility index (Phi) is 3.86. The lowest BCUT2D eigenvalue weighted by molar-refractivity contribution is 0.0992. The highest BCUT2D eigenvalue weighted by Crippen LogP contribution is 2.20. The van der Waals surface area contributed by atoms with Gasteiger partial charge in [-0.2, -0.15) is 0 Å². The van der Waals surface area contributed by atoms with Crippen molar-refractivity contribution in [1.29, 1.82) is 0 Å². The third-order valence-electron chi connectivity index (χ3n) is 2.67. The van der Waals surface area contributed by atoms with Gasteiger partial charge >= 0.3 is 0 Å². The summed E-state index contributed by atoms with van der Waals surface area (Å²) >= 11 is 2.16. The molecule has 0 saturated heterocycles. The van der Waals surface area contributed by atoms with E-state index in [1.807, 2.05) is 36.4 Å². The monoisotopic (exact) mass is 352 g/mol. The third-order valence-corrected chi connectivity index (χ3v) is 3.61.